The summed E-state index contributed by atoms with van der Waals surface area (Å²) in [6.45, 7) is 4.87. The fraction of sp³-hybridized carbons (Fsp3) is 0.526. The molecule has 2 heterocycles. The number of likely N-dealkylation sites (tertiary alicyclic amines) is 1. The van der Waals surface area contributed by atoms with Crippen LogP contribution < -0.4 is 10.6 Å². The third kappa shape index (κ3) is 4.00. The minimum absolute atomic E-state index is 0.0182. The van der Waals surface area contributed by atoms with E-state index in [-0.39, 0.29) is 23.5 Å². The van der Waals surface area contributed by atoms with Crippen molar-refractivity contribution in [2.75, 3.05) is 6.54 Å². The number of carbonyl (C=O) groups excluding carboxylic acids is 2. The SMILES string of the molecule is C=CCN1C(=O)CCC12CCC(NC(=O)NCc1cccnc1)CC2. The summed E-state index contributed by atoms with van der Waals surface area (Å²) >= 11 is 0. The van der Waals surface area contributed by atoms with Crippen LogP contribution in [0, 0.1) is 0 Å². The van der Waals surface area contributed by atoms with Crippen LogP contribution >= 0.6 is 0 Å². The molecule has 0 atom stereocenters. The summed E-state index contributed by atoms with van der Waals surface area (Å²) in [6, 6.07) is 3.81. The molecule has 2 fully saturated rings. The van der Waals surface area contributed by atoms with Crippen molar-refractivity contribution in [1.29, 1.82) is 0 Å². The Kier molecular flexibility index (Phi) is 5.36. The predicted octanol–water partition coefficient (Wildman–Crippen LogP) is 2.37. The van der Waals surface area contributed by atoms with Crippen LogP contribution in [-0.2, 0) is 11.3 Å². The number of urea groups is 1. The molecule has 1 saturated carbocycles. The summed E-state index contributed by atoms with van der Waals surface area (Å²) in [7, 11) is 0. The summed E-state index contributed by atoms with van der Waals surface area (Å²) in [6.07, 6.45) is 10.5. The number of nitrogens with one attached hydrogen (secondary N) is 2. The average Bonchev–Trinajstić information content (AvgIpc) is 2.93. The van der Waals surface area contributed by atoms with Gasteiger partial charge in [0.25, 0.3) is 0 Å². The van der Waals surface area contributed by atoms with E-state index in [1.807, 2.05) is 17.0 Å². The molecule has 1 aliphatic heterocycles. The van der Waals surface area contributed by atoms with Gasteiger partial charge >= 0.3 is 6.03 Å². The van der Waals surface area contributed by atoms with E-state index < -0.39 is 0 Å². The van der Waals surface area contributed by atoms with Gasteiger partial charge in [-0.05, 0) is 43.7 Å². The van der Waals surface area contributed by atoms with Gasteiger partial charge in [-0.2, -0.15) is 0 Å². The smallest absolute Gasteiger partial charge is 0.315 e. The standard InChI is InChI=1S/C19H26N4O2/c1-2-12-23-17(24)7-10-19(23)8-5-16(6-9-19)22-18(25)21-14-15-4-3-11-20-13-15/h2-4,11,13,16H,1,5-10,12,14H2,(H2,21,22,25). The molecule has 3 amide bonds. The molecule has 1 aromatic heterocycles. The first-order valence-corrected chi connectivity index (χ1v) is 8.98. The Morgan fingerprint density at radius 1 is 1.40 bits per heavy atom. The fourth-order valence-corrected chi connectivity index (χ4v) is 4.04. The summed E-state index contributed by atoms with van der Waals surface area (Å²) in [5, 5.41) is 5.94. The van der Waals surface area contributed by atoms with Crippen molar-refractivity contribution in [1.82, 2.24) is 20.5 Å². The normalized spacial score (nSPS) is 25.8. The number of amides is 3. The van der Waals surface area contributed by atoms with Crippen molar-refractivity contribution in [3.05, 3.63) is 42.7 Å². The molecule has 25 heavy (non-hydrogen) atoms. The Morgan fingerprint density at radius 3 is 2.88 bits per heavy atom. The second-order valence-electron chi connectivity index (χ2n) is 6.98. The first kappa shape index (κ1) is 17.5. The number of hydrogen-bond donors (Lipinski definition) is 2. The lowest BCUT2D eigenvalue weighted by Gasteiger charge is -2.43. The second kappa shape index (κ2) is 7.68. The molecule has 1 aliphatic carbocycles. The Labute approximate surface area is 148 Å². The van der Waals surface area contributed by atoms with E-state index in [2.05, 4.69) is 22.2 Å². The highest BCUT2D eigenvalue weighted by atomic mass is 16.2. The zero-order chi connectivity index (χ0) is 17.7. The van der Waals surface area contributed by atoms with Crippen LogP contribution in [0.5, 0.6) is 0 Å². The van der Waals surface area contributed by atoms with Gasteiger partial charge in [-0.3, -0.25) is 9.78 Å². The maximum Gasteiger partial charge on any atom is 0.315 e. The minimum Gasteiger partial charge on any atom is -0.335 e. The van der Waals surface area contributed by atoms with E-state index in [0.717, 1.165) is 37.7 Å². The zero-order valence-corrected chi connectivity index (χ0v) is 14.5. The molecule has 1 saturated heterocycles. The van der Waals surface area contributed by atoms with E-state index in [1.54, 1.807) is 18.5 Å². The van der Waals surface area contributed by atoms with E-state index in [1.165, 1.54) is 0 Å². The lowest BCUT2D eigenvalue weighted by molar-refractivity contribution is -0.131. The van der Waals surface area contributed by atoms with Gasteiger partial charge < -0.3 is 15.5 Å². The van der Waals surface area contributed by atoms with E-state index in [0.29, 0.717) is 19.5 Å². The lowest BCUT2D eigenvalue weighted by Crippen LogP contribution is -2.52. The minimum atomic E-state index is -0.143. The Bertz CT molecular complexity index is 624. The van der Waals surface area contributed by atoms with Gasteiger partial charge in [0, 0.05) is 43.5 Å². The topological polar surface area (TPSA) is 74.3 Å². The number of nitrogens with zero attached hydrogens (tertiary/aromatic N) is 2. The molecule has 0 aromatic carbocycles. The monoisotopic (exact) mass is 342 g/mol. The number of hydrogen-bond acceptors (Lipinski definition) is 3. The van der Waals surface area contributed by atoms with Crippen LogP contribution in [0.3, 0.4) is 0 Å². The maximum absolute atomic E-state index is 12.1. The van der Waals surface area contributed by atoms with E-state index in [9.17, 15) is 9.59 Å². The third-order valence-electron chi connectivity index (χ3n) is 5.42. The molecule has 0 radical (unpaired) electrons. The van der Waals surface area contributed by atoms with Crippen molar-refractivity contribution in [3.63, 3.8) is 0 Å². The van der Waals surface area contributed by atoms with E-state index in [4.69, 9.17) is 0 Å². The summed E-state index contributed by atoms with van der Waals surface area (Å²) in [4.78, 5) is 30.2. The van der Waals surface area contributed by atoms with Gasteiger partial charge in [0.05, 0.1) is 0 Å². The van der Waals surface area contributed by atoms with Crippen LogP contribution in [0.25, 0.3) is 0 Å². The molecule has 2 N–H and O–H groups in total. The van der Waals surface area contributed by atoms with Crippen LogP contribution in [0.15, 0.2) is 37.2 Å². The lowest BCUT2D eigenvalue weighted by atomic mass is 9.77. The molecule has 1 spiro atoms. The first-order valence-electron chi connectivity index (χ1n) is 8.98. The molecule has 6 heteroatoms. The number of pyridine rings is 1. The van der Waals surface area contributed by atoms with Gasteiger partial charge in [-0.25, -0.2) is 4.79 Å². The molecule has 2 aliphatic rings. The summed E-state index contributed by atoms with van der Waals surface area (Å²) in [5.41, 5.74) is 0.958. The number of aromatic nitrogens is 1. The second-order valence-corrected chi connectivity index (χ2v) is 6.98. The van der Waals surface area contributed by atoms with Crippen LogP contribution in [0.2, 0.25) is 0 Å². The van der Waals surface area contributed by atoms with Gasteiger partial charge in [0.1, 0.15) is 0 Å². The van der Waals surface area contributed by atoms with Gasteiger partial charge in [-0.15, -0.1) is 6.58 Å². The van der Waals surface area contributed by atoms with Gasteiger partial charge in [-0.1, -0.05) is 12.1 Å². The Balaban J connectivity index is 1.47. The number of carbonyl (C=O) groups is 2. The number of rotatable bonds is 5. The van der Waals surface area contributed by atoms with Crippen LogP contribution in [-0.4, -0.2) is 39.9 Å². The average molecular weight is 342 g/mol. The maximum atomic E-state index is 12.1. The molecular formula is C19H26N4O2. The van der Waals surface area contributed by atoms with Crippen LogP contribution in [0.1, 0.15) is 44.1 Å². The highest BCUT2D eigenvalue weighted by molar-refractivity contribution is 5.80. The van der Waals surface area contributed by atoms with Crippen molar-refractivity contribution in [3.8, 4) is 0 Å². The largest absolute Gasteiger partial charge is 0.335 e. The summed E-state index contributed by atoms with van der Waals surface area (Å²) in [5.74, 6) is 0.237. The molecule has 1 aromatic rings. The van der Waals surface area contributed by atoms with Crippen LogP contribution in [0.4, 0.5) is 4.79 Å². The Hall–Kier alpha value is -2.37. The highest BCUT2D eigenvalue weighted by Crippen LogP contribution is 2.42. The van der Waals surface area contributed by atoms with Crippen molar-refractivity contribution in [2.45, 2.75) is 56.7 Å². The molecular weight excluding hydrogens is 316 g/mol. The zero-order valence-electron chi connectivity index (χ0n) is 14.5. The molecule has 134 valence electrons. The first-order chi connectivity index (χ1) is 12.1. The highest BCUT2D eigenvalue weighted by Gasteiger charge is 2.46. The molecule has 6 nitrogen and oxygen atoms in total. The molecule has 0 unspecified atom stereocenters. The summed E-state index contributed by atoms with van der Waals surface area (Å²) < 4.78 is 0. The van der Waals surface area contributed by atoms with Crippen molar-refractivity contribution >= 4 is 11.9 Å². The molecule has 0 bridgehead atoms. The Morgan fingerprint density at radius 2 is 2.20 bits per heavy atom. The van der Waals surface area contributed by atoms with E-state index >= 15 is 0 Å². The quantitative estimate of drug-likeness (QED) is 0.807. The molecule has 3 rings (SSSR count). The van der Waals surface area contributed by atoms with Gasteiger partial charge in [0.2, 0.25) is 5.91 Å². The predicted molar refractivity (Wildman–Crippen MR) is 95.7 cm³/mol. The fourth-order valence-electron chi connectivity index (χ4n) is 4.04. The van der Waals surface area contributed by atoms with Crippen molar-refractivity contribution in [2.24, 2.45) is 0 Å². The third-order valence-corrected chi connectivity index (χ3v) is 5.42. The van der Waals surface area contributed by atoms with Crippen molar-refractivity contribution < 1.29 is 9.59 Å². The van der Waals surface area contributed by atoms with Gasteiger partial charge in [0.15, 0.2) is 0 Å².